The molecule has 0 aromatic carbocycles. The molecule has 35 heavy (non-hydrogen) atoms. The van der Waals surface area contributed by atoms with E-state index in [1.807, 2.05) is 0 Å². The Kier molecular flexibility index (Phi) is 5.46. The van der Waals surface area contributed by atoms with Crippen LogP contribution < -0.4 is 16.2 Å². The fourth-order valence-electron chi connectivity index (χ4n) is 3.66. The predicted molar refractivity (Wildman–Crippen MR) is 119 cm³/mol. The molecule has 1 saturated carbocycles. The molecular weight excluding hydrogens is 465 g/mol. The van der Waals surface area contributed by atoms with Gasteiger partial charge in [0.1, 0.15) is 11.4 Å². The Hall–Kier alpha value is -4.29. The number of amides is 1. The van der Waals surface area contributed by atoms with Crippen LogP contribution in [0.1, 0.15) is 41.0 Å². The number of aryl methyl sites for hydroxylation is 1. The topological polar surface area (TPSA) is 119 Å². The van der Waals surface area contributed by atoms with Crippen molar-refractivity contribution in [1.29, 1.82) is 0 Å². The van der Waals surface area contributed by atoms with E-state index in [-0.39, 0.29) is 29.1 Å². The van der Waals surface area contributed by atoms with E-state index in [4.69, 9.17) is 0 Å². The summed E-state index contributed by atoms with van der Waals surface area (Å²) in [4.78, 5) is 37.2. The van der Waals surface area contributed by atoms with Gasteiger partial charge in [0.2, 0.25) is 5.95 Å². The van der Waals surface area contributed by atoms with Crippen LogP contribution in [0.2, 0.25) is 0 Å². The molecular formula is C22H19F3N8O2. The number of carbonyl (C=O) groups excluding carboxylic acids is 1. The first kappa shape index (κ1) is 22.5. The Bertz CT molecular complexity index is 1490. The van der Waals surface area contributed by atoms with Crippen molar-refractivity contribution in [2.75, 3.05) is 5.32 Å². The molecule has 0 unspecified atom stereocenters. The molecule has 0 aliphatic heterocycles. The average Bonchev–Trinajstić information content (AvgIpc) is 3.22. The van der Waals surface area contributed by atoms with Crippen molar-refractivity contribution in [2.24, 2.45) is 0 Å². The lowest BCUT2D eigenvalue weighted by Crippen LogP contribution is -2.40. The van der Waals surface area contributed by atoms with Crippen molar-refractivity contribution < 1.29 is 18.0 Å². The number of pyridine rings is 1. The molecule has 0 atom stereocenters. The highest BCUT2D eigenvalue weighted by Crippen LogP contribution is 2.27. The first-order chi connectivity index (χ1) is 16.7. The minimum absolute atomic E-state index is 0.0281. The number of aromatic nitrogens is 6. The smallest absolute Gasteiger partial charge is 0.348 e. The fraction of sp³-hybridized carbons (Fsp3) is 0.273. The van der Waals surface area contributed by atoms with Gasteiger partial charge in [0.25, 0.3) is 11.5 Å². The summed E-state index contributed by atoms with van der Waals surface area (Å²) < 4.78 is 41.4. The molecule has 0 spiro atoms. The molecule has 0 saturated heterocycles. The molecule has 1 aliphatic carbocycles. The summed E-state index contributed by atoms with van der Waals surface area (Å²) in [7, 11) is 0. The molecule has 13 heteroatoms. The summed E-state index contributed by atoms with van der Waals surface area (Å²) in [6.07, 6.45) is 1.89. The maximum Gasteiger partial charge on any atom is 0.433 e. The Labute approximate surface area is 195 Å². The molecule has 1 amide bonds. The lowest BCUT2D eigenvalue weighted by molar-refractivity contribution is -0.141. The summed E-state index contributed by atoms with van der Waals surface area (Å²) >= 11 is 0. The molecule has 10 nitrogen and oxygen atoms in total. The van der Waals surface area contributed by atoms with Gasteiger partial charge in [-0.3, -0.25) is 14.2 Å². The summed E-state index contributed by atoms with van der Waals surface area (Å²) in [5, 5.41) is 10.2. The van der Waals surface area contributed by atoms with Crippen LogP contribution in [0.4, 0.5) is 24.7 Å². The predicted octanol–water partition coefficient (Wildman–Crippen LogP) is 3.02. The number of anilines is 2. The summed E-state index contributed by atoms with van der Waals surface area (Å²) in [6, 6.07) is 5.42. The molecule has 2 N–H and O–H groups in total. The van der Waals surface area contributed by atoms with Gasteiger partial charge in [-0.15, -0.1) is 5.10 Å². The van der Waals surface area contributed by atoms with E-state index in [1.165, 1.54) is 29.0 Å². The number of halogens is 3. The second kappa shape index (κ2) is 8.49. The Morgan fingerprint density at radius 2 is 2.00 bits per heavy atom. The Balaban J connectivity index is 1.48. The van der Waals surface area contributed by atoms with E-state index in [0.29, 0.717) is 11.2 Å². The summed E-state index contributed by atoms with van der Waals surface area (Å²) in [5.41, 5.74) is -0.384. The van der Waals surface area contributed by atoms with E-state index in [2.05, 4.69) is 30.7 Å². The number of hydrogen-bond acceptors (Lipinski definition) is 7. The molecule has 4 heterocycles. The normalized spacial score (nSPS) is 14.1. The van der Waals surface area contributed by atoms with Gasteiger partial charge in [0, 0.05) is 18.4 Å². The zero-order chi connectivity index (χ0) is 24.7. The van der Waals surface area contributed by atoms with Gasteiger partial charge in [0.05, 0.1) is 6.20 Å². The van der Waals surface area contributed by atoms with Gasteiger partial charge in [0.15, 0.2) is 17.2 Å². The Morgan fingerprint density at radius 1 is 1.20 bits per heavy atom. The summed E-state index contributed by atoms with van der Waals surface area (Å²) in [6.45, 7) is 1.78. The second-order valence-corrected chi connectivity index (χ2v) is 8.15. The SMILES string of the molecule is Cc1cc(Nc2cccn(-c3nccc(C(F)(F)F)n3)c2=O)nn2c(C(=O)NC3CCC3)cnc12. The van der Waals surface area contributed by atoms with Crippen LogP contribution in [0.3, 0.4) is 0 Å². The van der Waals surface area contributed by atoms with Crippen LogP contribution in [0.25, 0.3) is 11.6 Å². The molecule has 1 aliphatic rings. The first-order valence-electron chi connectivity index (χ1n) is 10.8. The second-order valence-electron chi connectivity index (χ2n) is 8.15. The van der Waals surface area contributed by atoms with Crippen molar-refractivity contribution in [1.82, 2.24) is 34.4 Å². The quantitative estimate of drug-likeness (QED) is 0.447. The van der Waals surface area contributed by atoms with Crippen LogP contribution in [0.15, 0.2) is 47.7 Å². The number of hydrogen-bond donors (Lipinski definition) is 2. The van der Waals surface area contributed by atoms with E-state index in [1.54, 1.807) is 13.0 Å². The Morgan fingerprint density at radius 3 is 2.71 bits per heavy atom. The standard InChI is InChI=1S/C22H19F3N8O2/c1-12-10-17(31-33-15(11-27-18(12)33)19(34)28-13-4-2-5-13)29-14-6-3-9-32(20(14)35)21-26-8-7-16(30-21)22(23,24)25/h3,6-11,13H,2,4-5H2,1H3,(H,28,34)(H,29,31). The highest BCUT2D eigenvalue weighted by atomic mass is 19.4. The number of fused-ring (bicyclic) bond motifs is 1. The number of alkyl halides is 3. The highest BCUT2D eigenvalue weighted by molar-refractivity contribution is 5.93. The van der Waals surface area contributed by atoms with Crippen molar-refractivity contribution in [3.05, 3.63) is 70.2 Å². The van der Waals surface area contributed by atoms with Crippen molar-refractivity contribution in [3.63, 3.8) is 0 Å². The zero-order valence-corrected chi connectivity index (χ0v) is 18.4. The van der Waals surface area contributed by atoms with Crippen LogP contribution in [0.5, 0.6) is 0 Å². The highest BCUT2D eigenvalue weighted by Gasteiger charge is 2.33. The lowest BCUT2D eigenvalue weighted by Gasteiger charge is -2.26. The maximum atomic E-state index is 13.0. The fourth-order valence-corrected chi connectivity index (χ4v) is 3.66. The third-order valence-corrected chi connectivity index (χ3v) is 5.68. The van der Waals surface area contributed by atoms with Crippen molar-refractivity contribution in [2.45, 2.75) is 38.4 Å². The third-order valence-electron chi connectivity index (χ3n) is 5.68. The molecule has 1 fully saturated rings. The number of rotatable bonds is 5. The van der Waals surface area contributed by atoms with Crippen LogP contribution >= 0.6 is 0 Å². The number of nitrogens with one attached hydrogen (secondary N) is 2. The van der Waals surface area contributed by atoms with E-state index < -0.39 is 23.4 Å². The largest absolute Gasteiger partial charge is 0.433 e. The van der Waals surface area contributed by atoms with E-state index >= 15 is 0 Å². The van der Waals surface area contributed by atoms with Crippen molar-refractivity contribution in [3.8, 4) is 5.95 Å². The number of imidazole rings is 1. The van der Waals surface area contributed by atoms with Gasteiger partial charge < -0.3 is 10.6 Å². The van der Waals surface area contributed by atoms with Crippen LogP contribution in [0, 0.1) is 6.92 Å². The molecule has 0 bridgehead atoms. The molecule has 5 rings (SSSR count). The van der Waals surface area contributed by atoms with Crippen LogP contribution in [-0.4, -0.2) is 41.1 Å². The zero-order valence-electron chi connectivity index (χ0n) is 18.4. The third kappa shape index (κ3) is 4.32. The van der Waals surface area contributed by atoms with Crippen LogP contribution in [-0.2, 0) is 6.18 Å². The minimum Gasteiger partial charge on any atom is -0.348 e. The molecule has 0 radical (unpaired) electrons. The summed E-state index contributed by atoms with van der Waals surface area (Å²) in [5.74, 6) is -0.474. The van der Waals surface area contributed by atoms with Gasteiger partial charge >= 0.3 is 6.18 Å². The first-order valence-corrected chi connectivity index (χ1v) is 10.8. The number of nitrogens with zero attached hydrogens (tertiary/aromatic N) is 6. The van der Waals surface area contributed by atoms with Gasteiger partial charge in [-0.05, 0) is 56.0 Å². The number of carbonyl (C=O) groups is 1. The average molecular weight is 484 g/mol. The van der Waals surface area contributed by atoms with Gasteiger partial charge in [-0.1, -0.05) is 0 Å². The monoisotopic (exact) mass is 484 g/mol. The van der Waals surface area contributed by atoms with Crippen molar-refractivity contribution >= 4 is 23.1 Å². The van der Waals surface area contributed by atoms with Gasteiger partial charge in [-0.25, -0.2) is 19.5 Å². The maximum absolute atomic E-state index is 13.0. The van der Waals surface area contributed by atoms with Gasteiger partial charge in [-0.2, -0.15) is 13.2 Å². The lowest BCUT2D eigenvalue weighted by atomic mass is 9.93. The van der Waals surface area contributed by atoms with E-state index in [0.717, 1.165) is 36.1 Å². The molecule has 4 aromatic rings. The minimum atomic E-state index is -4.68. The molecule has 4 aromatic heterocycles. The molecule has 180 valence electrons. The van der Waals surface area contributed by atoms with E-state index in [9.17, 15) is 22.8 Å².